The fourth-order valence-electron chi connectivity index (χ4n) is 3.03. The average Bonchev–Trinajstić information content (AvgIpc) is 2.52. The number of piperidine rings is 1. The molecule has 1 unspecified atom stereocenters. The average molecular weight is 290 g/mol. The van der Waals surface area contributed by atoms with E-state index in [0.29, 0.717) is 5.92 Å². The van der Waals surface area contributed by atoms with Crippen molar-refractivity contribution >= 4 is 5.69 Å². The molecule has 3 nitrogen and oxygen atoms in total. The first kappa shape index (κ1) is 16.3. The van der Waals surface area contributed by atoms with Gasteiger partial charge in [0.1, 0.15) is 0 Å². The summed E-state index contributed by atoms with van der Waals surface area (Å²) in [5.74, 6) is 0.608. The Labute approximate surface area is 129 Å². The summed E-state index contributed by atoms with van der Waals surface area (Å²) in [5.41, 5.74) is 2.64. The molecule has 2 N–H and O–H groups in total. The van der Waals surface area contributed by atoms with Gasteiger partial charge in [-0.25, -0.2) is 0 Å². The zero-order chi connectivity index (χ0) is 15.1. The summed E-state index contributed by atoms with van der Waals surface area (Å²) < 4.78 is 0. The first-order chi connectivity index (χ1) is 10.2. The Morgan fingerprint density at radius 3 is 2.33 bits per heavy atom. The molecule has 2 rings (SSSR count). The van der Waals surface area contributed by atoms with Crippen LogP contribution in [0.3, 0.4) is 0 Å². The minimum atomic E-state index is 0.201. The molecule has 1 saturated heterocycles. The van der Waals surface area contributed by atoms with Gasteiger partial charge in [0.05, 0.1) is 6.61 Å². The van der Waals surface area contributed by atoms with E-state index in [4.69, 9.17) is 0 Å². The molecule has 0 saturated carbocycles. The van der Waals surface area contributed by atoms with Gasteiger partial charge in [0.2, 0.25) is 0 Å². The van der Waals surface area contributed by atoms with Crippen molar-refractivity contribution in [2.24, 2.45) is 5.92 Å². The number of hydrogen-bond donors (Lipinski definition) is 2. The van der Waals surface area contributed by atoms with Gasteiger partial charge < -0.3 is 15.3 Å². The SMILES string of the molecule is CC(C)CC(CO)NCc1ccc(N2CCCCC2)cc1. The molecule has 1 heterocycles. The number of nitrogens with zero attached hydrogens (tertiary/aromatic N) is 1. The summed E-state index contributed by atoms with van der Waals surface area (Å²) in [4.78, 5) is 2.48. The van der Waals surface area contributed by atoms with E-state index in [1.807, 2.05) is 0 Å². The Balaban J connectivity index is 1.84. The number of hydrogen-bond acceptors (Lipinski definition) is 3. The molecule has 0 spiro atoms. The highest BCUT2D eigenvalue weighted by molar-refractivity contribution is 5.47. The molecule has 21 heavy (non-hydrogen) atoms. The van der Waals surface area contributed by atoms with Crippen molar-refractivity contribution in [3.63, 3.8) is 0 Å². The predicted octanol–water partition coefficient (Wildman–Crippen LogP) is 3.17. The number of nitrogens with one attached hydrogen (secondary N) is 1. The maximum Gasteiger partial charge on any atom is 0.0584 e. The van der Waals surface area contributed by atoms with Gasteiger partial charge in [0.15, 0.2) is 0 Å². The van der Waals surface area contributed by atoms with Gasteiger partial charge in [0, 0.05) is 31.4 Å². The molecule has 1 aromatic carbocycles. The largest absolute Gasteiger partial charge is 0.395 e. The molecule has 1 aromatic rings. The molecule has 0 bridgehead atoms. The third kappa shape index (κ3) is 5.33. The van der Waals surface area contributed by atoms with Crippen molar-refractivity contribution in [3.05, 3.63) is 29.8 Å². The first-order valence-electron chi connectivity index (χ1n) is 8.37. The predicted molar refractivity (Wildman–Crippen MR) is 89.7 cm³/mol. The van der Waals surface area contributed by atoms with Gasteiger partial charge in [-0.05, 0) is 49.3 Å². The van der Waals surface area contributed by atoms with Crippen molar-refractivity contribution in [2.75, 3.05) is 24.6 Å². The van der Waals surface area contributed by atoms with Crippen molar-refractivity contribution in [2.45, 2.75) is 52.1 Å². The van der Waals surface area contributed by atoms with E-state index in [1.165, 1.54) is 43.6 Å². The van der Waals surface area contributed by atoms with Crippen LogP contribution in [-0.4, -0.2) is 30.8 Å². The Morgan fingerprint density at radius 1 is 1.10 bits per heavy atom. The minimum Gasteiger partial charge on any atom is -0.395 e. The summed E-state index contributed by atoms with van der Waals surface area (Å²) in [7, 11) is 0. The van der Waals surface area contributed by atoms with Crippen LogP contribution in [0.1, 0.15) is 45.1 Å². The van der Waals surface area contributed by atoms with Crippen LogP contribution in [0.25, 0.3) is 0 Å². The van der Waals surface area contributed by atoms with Gasteiger partial charge in [-0.2, -0.15) is 0 Å². The third-order valence-electron chi connectivity index (χ3n) is 4.23. The second-order valence-electron chi connectivity index (χ2n) is 6.60. The van der Waals surface area contributed by atoms with E-state index in [1.54, 1.807) is 0 Å². The summed E-state index contributed by atoms with van der Waals surface area (Å²) in [6, 6.07) is 9.09. The number of aliphatic hydroxyl groups excluding tert-OH is 1. The normalized spacial score (nSPS) is 17.2. The van der Waals surface area contributed by atoms with E-state index in [0.717, 1.165) is 13.0 Å². The Hall–Kier alpha value is -1.06. The maximum absolute atomic E-state index is 9.40. The van der Waals surface area contributed by atoms with Crippen LogP contribution in [0.4, 0.5) is 5.69 Å². The molecule has 1 fully saturated rings. The van der Waals surface area contributed by atoms with Crippen LogP contribution >= 0.6 is 0 Å². The highest BCUT2D eigenvalue weighted by Crippen LogP contribution is 2.20. The monoisotopic (exact) mass is 290 g/mol. The highest BCUT2D eigenvalue weighted by Gasteiger charge is 2.11. The van der Waals surface area contributed by atoms with Crippen molar-refractivity contribution in [1.29, 1.82) is 0 Å². The van der Waals surface area contributed by atoms with E-state index in [9.17, 15) is 5.11 Å². The Morgan fingerprint density at radius 2 is 1.76 bits per heavy atom. The molecule has 1 aliphatic heterocycles. The third-order valence-corrected chi connectivity index (χ3v) is 4.23. The molecular weight excluding hydrogens is 260 g/mol. The lowest BCUT2D eigenvalue weighted by Gasteiger charge is -2.29. The molecule has 0 radical (unpaired) electrons. The standard InChI is InChI=1S/C18H30N2O/c1-15(2)12-17(14-21)19-13-16-6-8-18(9-7-16)20-10-4-3-5-11-20/h6-9,15,17,19,21H,3-5,10-14H2,1-2H3. The fourth-order valence-corrected chi connectivity index (χ4v) is 3.03. The Kier molecular flexibility index (Phi) is 6.52. The van der Waals surface area contributed by atoms with E-state index in [-0.39, 0.29) is 12.6 Å². The quantitative estimate of drug-likeness (QED) is 0.809. The molecule has 0 aromatic heterocycles. The van der Waals surface area contributed by atoms with Gasteiger partial charge in [0.25, 0.3) is 0 Å². The minimum absolute atomic E-state index is 0.201. The lowest BCUT2D eigenvalue weighted by Crippen LogP contribution is -2.33. The van der Waals surface area contributed by atoms with E-state index in [2.05, 4.69) is 48.3 Å². The summed E-state index contributed by atoms with van der Waals surface area (Å²) >= 11 is 0. The molecule has 0 aliphatic carbocycles. The zero-order valence-electron chi connectivity index (χ0n) is 13.5. The van der Waals surface area contributed by atoms with Gasteiger partial charge >= 0.3 is 0 Å². The number of benzene rings is 1. The lowest BCUT2D eigenvalue weighted by atomic mass is 10.0. The number of aliphatic hydroxyl groups is 1. The molecule has 1 atom stereocenters. The van der Waals surface area contributed by atoms with Crippen LogP contribution in [-0.2, 0) is 6.54 Å². The maximum atomic E-state index is 9.40. The summed E-state index contributed by atoms with van der Waals surface area (Å²) in [6.07, 6.45) is 5.02. The molecule has 3 heteroatoms. The summed E-state index contributed by atoms with van der Waals surface area (Å²) in [5, 5.41) is 12.9. The van der Waals surface area contributed by atoms with Gasteiger partial charge in [-0.3, -0.25) is 0 Å². The smallest absolute Gasteiger partial charge is 0.0584 e. The Bertz CT molecular complexity index is 396. The second-order valence-corrected chi connectivity index (χ2v) is 6.60. The van der Waals surface area contributed by atoms with E-state index < -0.39 is 0 Å². The van der Waals surface area contributed by atoms with Crippen LogP contribution in [0.5, 0.6) is 0 Å². The topological polar surface area (TPSA) is 35.5 Å². The van der Waals surface area contributed by atoms with Gasteiger partial charge in [-0.15, -0.1) is 0 Å². The summed E-state index contributed by atoms with van der Waals surface area (Å²) in [6.45, 7) is 7.81. The van der Waals surface area contributed by atoms with Gasteiger partial charge in [-0.1, -0.05) is 26.0 Å². The first-order valence-corrected chi connectivity index (χ1v) is 8.37. The van der Waals surface area contributed by atoms with Crippen molar-refractivity contribution < 1.29 is 5.11 Å². The van der Waals surface area contributed by atoms with E-state index >= 15 is 0 Å². The fraction of sp³-hybridized carbons (Fsp3) is 0.667. The number of rotatable bonds is 7. The lowest BCUT2D eigenvalue weighted by molar-refractivity contribution is 0.223. The molecule has 0 amide bonds. The molecule has 1 aliphatic rings. The van der Waals surface area contributed by atoms with Crippen LogP contribution in [0.2, 0.25) is 0 Å². The van der Waals surface area contributed by atoms with Crippen molar-refractivity contribution in [3.8, 4) is 0 Å². The van der Waals surface area contributed by atoms with Crippen LogP contribution in [0.15, 0.2) is 24.3 Å². The highest BCUT2D eigenvalue weighted by atomic mass is 16.3. The molecular formula is C18H30N2O. The van der Waals surface area contributed by atoms with Crippen LogP contribution in [0, 0.1) is 5.92 Å². The van der Waals surface area contributed by atoms with Crippen molar-refractivity contribution in [1.82, 2.24) is 5.32 Å². The molecule has 118 valence electrons. The number of anilines is 1. The zero-order valence-corrected chi connectivity index (χ0v) is 13.5. The second kappa shape index (κ2) is 8.40. The van der Waals surface area contributed by atoms with Crippen LogP contribution < -0.4 is 10.2 Å².